The monoisotopic (exact) mass is 234 g/mol. The van der Waals surface area contributed by atoms with Gasteiger partial charge in [-0.25, -0.2) is 8.42 Å². The first kappa shape index (κ1) is 12.4. The molecule has 0 heterocycles. The number of nitrogens with two attached hydrogens (primary N) is 1. The first-order valence-corrected chi connectivity index (χ1v) is 7.17. The molecule has 0 spiro atoms. The normalized spacial score (nSPS) is 27.3. The van der Waals surface area contributed by atoms with Crippen molar-refractivity contribution >= 4 is 15.7 Å². The van der Waals surface area contributed by atoms with Crippen LogP contribution in [0.2, 0.25) is 0 Å². The number of carbonyl (C=O) groups excluding carboxylic acids is 1. The summed E-state index contributed by atoms with van der Waals surface area (Å²) in [6.45, 7) is 0. The van der Waals surface area contributed by atoms with Crippen molar-refractivity contribution in [2.24, 2.45) is 5.73 Å². The molecule has 1 amide bonds. The van der Waals surface area contributed by atoms with Crippen LogP contribution >= 0.6 is 0 Å². The van der Waals surface area contributed by atoms with Crippen LogP contribution in [-0.4, -0.2) is 38.4 Å². The fourth-order valence-electron chi connectivity index (χ4n) is 1.83. The largest absolute Gasteiger partial charge is 0.351 e. The molecule has 3 N–H and O–H groups in total. The van der Waals surface area contributed by atoms with E-state index < -0.39 is 21.5 Å². The van der Waals surface area contributed by atoms with Gasteiger partial charge in [-0.05, 0) is 12.8 Å². The summed E-state index contributed by atoms with van der Waals surface area (Å²) in [5, 5.41) is 2.68. The third-order valence-corrected chi connectivity index (χ3v) is 3.35. The van der Waals surface area contributed by atoms with E-state index in [0.717, 1.165) is 31.9 Å². The van der Waals surface area contributed by atoms with E-state index in [0.29, 0.717) is 0 Å². The molecule has 88 valence electrons. The Labute approximate surface area is 90.3 Å². The summed E-state index contributed by atoms with van der Waals surface area (Å²) in [7, 11) is -3.24. The van der Waals surface area contributed by atoms with Crippen molar-refractivity contribution in [1.82, 2.24) is 5.32 Å². The van der Waals surface area contributed by atoms with Crippen LogP contribution in [-0.2, 0) is 14.6 Å². The van der Waals surface area contributed by atoms with Gasteiger partial charge < -0.3 is 11.1 Å². The predicted octanol–water partition coefficient (Wildman–Crippen LogP) is -0.583. The number of carbonyl (C=O) groups is 1. The second-order valence-electron chi connectivity index (χ2n) is 4.19. The maximum atomic E-state index is 11.3. The van der Waals surface area contributed by atoms with Crippen molar-refractivity contribution in [2.75, 3.05) is 12.0 Å². The molecule has 6 heteroatoms. The minimum Gasteiger partial charge on any atom is -0.351 e. The van der Waals surface area contributed by atoms with Crippen molar-refractivity contribution in [3.05, 3.63) is 0 Å². The van der Waals surface area contributed by atoms with Crippen LogP contribution in [0.25, 0.3) is 0 Å². The highest BCUT2D eigenvalue weighted by Gasteiger charge is 2.24. The van der Waals surface area contributed by atoms with Crippen molar-refractivity contribution in [3.8, 4) is 0 Å². The molecule has 1 saturated carbocycles. The fraction of sp³-hybridized carbons (Fsp3) is 0.889. The van der Waals surface area contributed by atoms with Gasteiger partial charge in [-0.15, -0.1) is 0 Å². The minimum absolute atomic E-state index is 0.0396. The van der Waals surface area contributed by atoms with Gasteiger partial charge in [0.05, 0.1) is 0 Å². The molecule has 1 fully saturated rings. The third-order valence-electron chi connectivity index (χ3n) is 2.56. The van der Waals surface area contributed by atoms with E-state index in [4.69, 9.17) is 5.73 Å². The van der Waals surface area contributed by atoms with Gasteiger partial charge in [-0.3, -0.25) is 4.79 Å². The van der Waals surface area contributed by atoms with E-state index in [-0.39, 0.29) is 12.1 Å². The second kappa shape index (κ2) is 4.94. The maximum absolute atomic E-state index is 11.3. The molecule has 0 aromatic carbocycles. The zero-order valence-corrected chi connectivity index (χ0v) is 9.72. The van der Waals surface area contributed by atoms with Crippen molar-refractivity contribution in [1.29, 1.82) is 0 Å². The van der Waals surface area contributed by atoms with Gasteiger partial charge in [0.2, 0.25) is 5.91 Å². The van der Waals surface area contributed by atoms with Crippen LogP contribution < -0.4 is 11.1 Å². The van der Waals surface area contributed by atoms with E-state index in [9.17, 15) is 13.2 Å². The van der Waals surface area contributed by atoms with Crippen molar-refractivity contribution in [3.63, 3.8) is 0 Å². The summed E-state index contributed by atoms with van der Waals surface area (Å²) < 4.78 is 21.7. The van der Waals surface area contributed by atoms with Crippen LogP contribution in [0.4, 0.5) is 0 Å². The molecule has 2 atom stereocenters. The molecule has 5 nitrogen and oxygen atoms in total. The lowest BCUT2D eigenvalue weighted by molar-refractivity contribution is -0.119. The molecule has 2 unspecified atom stereocenters. The summed E-state index contributed by atoms with van der Waals surface area (Å²) in [5.41, 5.74) is 5.83. The SMILES string of the molecule is CS(=O)(=O)CC(=O)NC1CCCCC1N. The molecule has 1 aliphatic rings. The Morgan fingerprint density at radius 3 is 2.53 bits per heavy atom. The molecule has 0 radical (unpaired) electrons. The molecule has 0 aliphatic heterocycles. The summed E-state index contributed by atoms with van der Waals surface area (Å²) in [6.07, 6.45) is 4.91. The molecule has 0 aromatic rings. The van der Waals surface area contributed by atoms with Gasteiger partial charge in [-0.1, -0.05) is 12.8 Å². The second-order valence-corrected chi connectivity index (χ2v) is 6.33. The van der Waals surface area contributed by atoms with E-state index in [1.807, 2.05) is 0 Å². The Morgan fingerprint density at radius 1 is 1.40 bits per heavy atom. The Hall–Kier alpha value is -0.620. The molecule has 15 heavy (non-hydrogen) atoms. The summed E-state index contributed by atoms with van der Waals surface area (Å²) in [5.74, 6) is -0.893. The highest BCUT2D eigenvalue weighted by atomic mass is 32.2. The van der Waals surface area contributed by atoms with Gasteiger partial charge in [0.15, 0.2) is 9.84 Å². The van der Waals surface area contributed by atoms with E-state index in [1.54, 1.807) is 0 Å². The highest BCUT2D eigenvalue weighted by molar-refractivity contribution is 7.91. The van der Waals surface area contributed by atoms with Crippen molar-refractivity contribution < 1.29 is 13.2 Å². The third kappa shape index (κ3) is 4.61. The predicted molar refractivity (Wildman–Crippen MR) is 58.1 cm³/mol. The number of hydrogen-bond donors (Lipinski definition) is 2. The molecule has 0 saturated heterocycles. The Bertz CT molecular complexity index is 326. The average molecular weight is 234 g/mol. The lowest BCUT2D eigenvalue weighted by atomic mass is 9.91. The number of nitrogens with one attached hydrogen (secondary N) is 1. The lowest BCUT2D eigenvalue weighted by Gasteiger charge is -2.29. The molecule has 1 rings (SSSR count). The van der Waals surface area contributed by atoms with Gasteiger partial charge in [-0.2, -0.15) is 0 Å². The van der Waals surface area contributed by atoms with Crippen LogP contribution in [0.1, 0.15) is 25.7 Å². The average Bonchev–Trinajstić information content (AvgIpc) is 2.05. The maximum Gasteiger partial charge on any atom is 0.235 e. The topological polar surface area (TPSA) is 89.3 Å². The summed E-state index contributed by atoms with van der Waals surface area (Å²) in [4.78, 5) is 11.3. The molecule has 1 aliphatic carbocycles. The van der Waals surface area contributed by atoms with Crippen LogP contribution in [0.5, 0.6) is 0 Å². The molecule has 0 aromatic heterocycles. The summed E-state index contributed by atoms with van der Waals surface area (Å²) >= 11 is 0. The Kier molecular flexibility index (Phi) is 4.10. The van der Waals surface area contributed by atoms with E-state index >= 15 is 0 Å². The number of amides is 1. The zero-order chi connectivity index (χ0) is 11.5. The molecular formula is C9H18N2O3S. The first-order valence-electron chi connectivity index (χ1n) is 5.11. The molecular weight excluding hydrogens is 216 g/mol. The number of sulfone groups is 1. The fourth-order valence-corrected chi connectivity index (χ4v) is 2.38. The van der Waals surface area contributed by atoms with Gasteiger partial charge >= 0.3 is 0 Å². The molecule has 0 bridgehead atoms. The Balaban J connectivity index is 2.43. The first-order chi connectivity index (χ1) is 6.88. The van der Waals surface area contributed by atoms with E-state index in [1.165, 1.54) is 0 Å². The van der Waals surface area contributed by atoms with Gasteiger partial charge in [0, 0.05) is 18.3 Å². The lowest BCUT2D eigenvalue weighted by Crippen LogP contribution is -2.50. The summed E-state index contributed by atoms with van der Waals surface area (Å²) in [6, 6.07) is -0.102. The van der Waals surface area contributed by atoms with E-state index in [2.05, 4.69) is 5.32 Å². The minimum atomic E-state index is -3.24. The Morgan fingerprint density at radius 2 is 2.00 bits per heavy atom. The standard InChI is InChI=1S/C9H18N2O3S/c1-15(13,14)6-9(12)11-8-5-3-2-4-7(8)10/h7-8H,2-6,10H2,1H3,(H,11,12). The van der Waals surface area contributed by atoms with Crippen LogP contribution in [0, 0.1) is 0 Å². The number of rotatable bonds is 3. The number of hydrogen-bond acceptors (Lipinski definition) is 4. The highest BCUT2D eigenvalue weighted by Crippen LogP contribution is 2.16. The van der Waals surface area contributed by atoms with Crippen LogP contribution in [0.15, 0.2) is 0 Å². The van der Waals surface area contributed by atoms with Gasteiger partial charge in [0.1, 0.15) is 5.75 Å². The van der Waals surface area contributed by atoms with Crippen molar-refractivity contribution in [2.45, 2.75) is 37.8 Å². The van der Waals surface area contributed by atoms with Crippen LogP contribution in [0.3, 0.4) is 0 Å². The quantitative estimate of drug-likeness (QED) is 0.683. The zero-order valence-electron chi connectivity index (χ0n) is 8.90. The van der Waals surface area contributed by atoms with Gasteiger partial charge in [0.25, 0.3) is 0 Å². The smallest absolute Gasteiger partial charge is 0.235 e.